The molecule has 0 saturated carbocycles. The molecule has 0 aromatic heterocycles. The predicted octanol–water partition coefficient (Wildman–Crippen LogP) is 2.57. The molecule has 2 nitrogen and oxygen atoms in total. The summed E-state index contributed by atoms with van der Waals surface area (Å²) >= 11 is 0. The molecule has 1 aliphatic rings. The number of nitrogens with one attached hydrogen (secondary N) is 1. The maximum atomic E-state index is 5.65. The summed E-state index contributed by atoms with van der Waals surface area (Å²) in [6.45, 7) is 6.46. The lowest BCUT2D eigenvalue weighted by Crippen LogP contribution is -2.19. The van der Waals surface area contributed by atoms with Crippen molar-refractivity contribution in [1.29, 1.82) is 0 Å². The first-order chi connectivity index (χ1) is 7.61. The van der Waals surface area contributed by atoms with Gasteiger partial charge >= 0.3 is 0 Å². The summed E-state index contributed by atoms with van der Waals surface area (Å²) < 4.78 is 0. The molecule has 0 radical (unpaired) electrons. The first-order valence-corrected chi connectivity index (χ1v) is 6.16. The van der Waals surface area contributed by atoms with E-state index in [0.29, 0.717) is 5.41 Å². The Morgan fingerprint density at radius 1 is 1.38 bits per heavy atom. The minimum Gasteiger partial charge on any atom is -0.384 e. The maximum Gasteiger partial charge on any atom is 0.0373 e. The van der Waals surface area contributed by atoms with E-state index in [4.69, 9.17) is 5.73 Å². The molecule has 88 valence electrons. The highest BCUT2D eigenvalue weighted by molar-refractivity contribution is 5.56. The molecule has 0 amide bonds. The molecule has 3 N–H and O–H groups in total. The van der Waals surface area contributed by atoms with Crippen molar-refractivity contribution >= 4 is 5.69 Å². The highest BCUT2D eigenvalue weighted by Gasteiger charge is 2.18. The second-order valence-corrected chi connectivity index (χ2v) is 5.55. The van der Waals surface area contributed by atoms with Crippen LogP contribution in [-0.4, -0.2) is 13.1 Å². The monoisotopic (exact) mass is 218 g/mol. The lowest BCUT2D eigenvalue weighted by molar-refractivity contribution is 0.339. The van der Waals surface area contributed by atoms with E-state index in [1.165, 1.54) is 23.2 Å². The molecule has 0 bridgehead atoms. The van der Waals surface area contributed by atoms with Crippen LogP contribution in [-0.2, 0) is 12.8 Å². The zero-order valence-corrected chi connectivity index (χ0v) is 10.3. The highest BCUT2D eigenvalue weighted by Crippen LogP contribution is 2.29. The molecule has 2 heteroatoms. The van der Waals surface area contributed by atoms with E-state index < -0.39 is 0 Å². The van der Waals surface area contributed by atoms with Crippen LogP contribution in [0.4, 0.5) is 5.69 Å². The van der Waals surface area contributed by atoms with Crippen LogP contribution >= 0.6 is 0 Å². The summed E-state index contributed by atoms with van der Waals surface area (Å²) in [7, 11) is 0. The third kappa shape index (κ3) is 2.56. The van der Waals surface area contributed by atoms with Gasteiger partial charge in [-0.15, -0.1) is 0 Å². The number of hydrogen-bond acceptors (Lipinski definition) is 2. The molecule has 16 heavy (non-hydrogen) atoms. The van der Waals surface area contributed by atoms with Crippen molar-refractivity contribution in [2.75, 3.05) is 18.4 Å². The van der Waals surface area contributed by atoms with E-state index in [1.54, 1.807) is 0 Å². The minimum atomic E-state index is 0.315. The summed E-state index contributed by atoms with van der Waals surface area (Å²) in [6.07, 6.45) is 3.38. The molecule has 1 aliphatic heterocycles. The minimum absolute atomic E-state index is 0.315. The van der Waals surface area contributed by atoms with Crippen LogP contribution in [0.3, 0.4) is 0 Å². The van der Waals surface area contributed by atoms with E-state index in [0.717, 1.165) is 25.9 Å². The van der Waals surface area contributed by atoms with Gasteiger partial charge in [-0.05, 0) is 48.4 Å². The van der Waals surface area contributed by atoms with Crippen LogP contribution in [0.2, 0.25) is 0 Å². The topological polar surface area (TPSA) is 38.0 Å². The van der Waals surface area contributed by atoms with Crippen LogP contribution < -0.4 is 11.1 Å². The Morgan fingerprint density at radius 3 is 2.94 bits per heavy atom. The van der Waals surface area contributed by atoms with E-state index in [2.05, 4.69) is 37.4 Å². The predicted molar refractivity (Wildman–Crippen MR) is 69.8 cm³/mol. The van der Waals surface area contributed by atoms with Gasteiger partial charge in [-0.25, -0.2) is 0 Å². The Hall–Kier alpha value is -1.02. The molecule has 1 heterocycles. The van der Waals surface area contributed by atoms with Gasteiger partial charge in [0.15, 0.2) is 0 Å². The molecule has 1 aromatic rings. The third-order valence-electron chi connectivity index (χ3n) is 3.38. The number of benzene rings is 1. The number of hydrogen-bond donors (Lipinski definition) is 2. The first kappa shape index (κ1) is 11.5. The largest absolute Gasteiger partial charge is 0.384 e. The van der Waals surface area contributed by atoms with Gasteiger partial charge in [-0.3, -0.25) is 0 Å². The normalized spacial score (nSPS) is 14.7. The van der Waals surface area contributed by atoms with Crippen molar-refractivity contribution in [3.05, 3.63) is 29.3 Å². The van der Waals surface area contributed by atoms with Crippen molar-refractivity contribution in [1.82, 2.24) is 0 Å². The van der Waals surface area contributed by atoms with E-state index in [1.807, 2.05) is 0 Å². The van der Waals surface area contributed by atoms with Crippen molar-refractivity contribution in [2.24, 2.45) is 11.1 Å². The maximum absolute atomic E-state index is 5.65. The lowest BCUT2D eigenvalue weighted by atomic mass is 9.82. The first-order valence-electron chi connectivity index (χ1n) is 6.16. The zero-order valence-electron chi connectivity index (χ0n) is 10.3. The van der Waals surface area contributed by atoms with Crippen LogP contribution in [0, 0.1) is 5.41 Å². The van der Waals surface area contributed by atoms with E-state index in [9.17, 15) is 0 Å². The molecule has 2 rings (SSSR count). The van der Waals surface area contributed by atoms with Crippen molar-refractivity contribution in [3.63, 3.8) is 0 Å². The summed E-state index contributed by atoms with van der Waals surface area (Å²) in [5.74, 6) is 0. The fourth-order valence-corrected chi connectivity index (χ4v) is 2.50. The van der Waals surface area contributed by atoms with Gasteiger partial charge in [0.2, 0.25) is 0 Å². The zero-order chi connectivity index (χ0) is 11.6. The summed E-state index contributed by atoms with van der Waals surface area (Å²) in [5, 5.41) is 3.40. The standard InChI is InChI=1S/C14H22N2/c1-14(2,6-7-15)10-11-3-4-13-12(9-11)5-8-16-13/h3-4,9,16H,5-8,10,15H2,1-2H3. The molecular weight excluding hydrogens is 196 g/mol. The average molecular weight is 218 g/mol. The molecule has 0 saturated heterocycles. The molecule has 1 aromatic carbocycles. The molecule has 0 atom stereocenters. The Kier molecular flexibility index (Phi) is 3.20. The van der Waals surface area contributed by atoms with E-state index >= 15 is 0 Å². The molecular formula is C14H22N2. The Labute approximate surface area is 98.2 Å². The SMILES string of the molecule is CC(C)(CCN)Cc1ccc2c(c1)CCN2. The van der Waals surface area contributed by atoms with Gasteiger partial charge in [-0.2, -0.15) is 0 Å². The lowest BCUT2D eigenvalue weighted by Gasteiger charge is -2.24. The Morgan fingerprint density at radius 2 is 2.19 bits per heavy atom. The number of nitrogens with two attached hydrogens (primary N) is 1. The number of rotatable bonds is 4. The van der Waals surface area contributed by atoms with Crippen LogP contribution in [0.5, 0.6) is 0 Å². The summed E-state index contributed by atoms with van der Waals surface area (Å²) in [4.78, 5) is 0. The van der Waals surface area contributed by atoms with Gasteiger partial charge in [0.05, 0.1) is 0 Å². The second-order valence-electron chi connectivity index (χ2n) is 5.55. The van der Waals surface area contributed by atoms with Crippen molar-refractivity contribution in [2.45, 2.75) is 33.1 Å². The van der Waals surface area contributed by atoms with Crippen LogP contribution in [0.15, 0.2) is 18.2 Å². The smallest absolute Gasteiger partial charge is 0.0373 e. The van der Waals surface area contributed by atoms with Crippen LogP contribution in [0.25, 0.3) is 0 Å². The number of anilines is 1. The fourth-order valence-electron chi connectivity index (χ4n) is 2.50. The molecule has 0 unspecified atom stereocenters. The van der Waals surface area contributed by atoms with Gasteiger partial charge in [-0.1, -0.05) is 26.0 Å². The quantitative estimate of drug-likeness (QED) is 0.815. The Balaban J connectivity index is 2.10. The van der Waals surface area contributed by atoms with Gasteiger partial charge < -0.3 is 11.1 Å². The second kappa shape index (κ2) is 4.46. The Bertz CT molecular complexity index is 369. The average Bonchev–Trinajstić information content (AvgIpc) is 2.63. The summed E-state index contributed by atoms with van der Waals surface area (Å²) in [6, 6.07) is 6.82. The van der Waals surface area contributed by atoms with Crippen molar-refractivity contribution < 1.29 is 0 Å². The summed E-state index contributed by atoms with van der Waals surface area (Å²) in [5.41, 5.74) is 10.2. The molecule has 0 fully saturated rings. The fraction of sp³-hybridized carbons (Fsp3) is 0.571. The van der Waals surface area contributed by atoms with E-state index in [-0.39, 0.29) is 0 Å². The van der Waals surface area contributed by atoms with Crippen molar-refractivity contribution in [3.8, 4) is 0 Å². The highest BCUT2D eigenvalue weighted by atomic mass is 14.9. The number of fused-ring (bicyclic) bond motifs is 1. The van der Waals surface area contributed by atoms with Gasteiger partial charge in [0.1, 0.15) is 0 Å². The molecule has 0 aliphatic carbocycles. The van der Waals surface area contributed by atoms with Crippen LogP contribution in [0.1, 0.15) is 31.4 Å². The van der Waals surface area contributed by atoms with Gasteiger partial charge in [0.25, 0.3) is 0 Å². The molecule has 0 spiro atoms. The van der Waals surface area contributed by atoms with Gasteiger partial charge in [0, 0.05) is 12.2 Å². The third-order valence-corrected chi connectivity index (χ3v) is 3.38.